The molecule has 4 nitrogen and oxygen atoms in total. The molecule has 0 unspecified atom stereocenters. The summed E-state index contributed by atoms with van der Waals surface area (Å²) in [6, 6.07) is 9.41. The van der Waals surface area contributed by atoms with Crippen LogP contribution >= 0.6 is 0 Å². The van der Waals surface area contributed by atoms with Crippen molar-refractivity contribution in [1.29, 1.82) is 0 Å². The zero-order valence-corrected chi connectivity index (χ0v) is 15.2. The first kappa shape index (κ1) is 18.3. The quantitative estimate of drug-likeness (QED) is 0.624. The van der Waals surface area contributed by atoms with Crippen LogP contribution in [0.1, 0.15) is 22.3 Å². The van der Waals surface area contributed by atoms with Gasteiger partial charge in [-0.15, -0.1) is 0 Å². The molecule has 0 N–H and O–H groups in total. The normalized spacial score (nSPS) is 13.9. The van der Waals surface area contributed by atoms with Gasteiger partial charge in [0.2, 0.25) is 5.88 Å². The maximum absolute atomic E-state index is 12.9. The standard InChI is InChI=1S/C21H18F3N3O/c1-14-4-7-25-12-19(14)27-9-6-15-2-3-18(10-16(15)13-27)28-20-11-17(5-8-26-20)21(22,23)24/h2-5,7-8,10-12H,6,9,13H2,1H3. The average Bonchev–Trinajstić information content (AvgIpc) is 2.67. The van der Waals surface area contributed by atoms with E-state index in [1.165, 1.54) is 5.56 Å². The van der Waals surface area contributed by atoms with Crippen LogP contribution in [0.15, 0.2) is 55.0 Å². The number of hydrogen-bond acceptors (Lipinski definition) is 4. The van der Waals surface area contributed by atoms with Crippen LogP contribution in [0.25, 0.3) is 0 Å². The molecule has 4 rings (SSSR count). The van der Waals surface area contributed by atoms with Crippen molar-refractivity contribution in [3.8, 4) is 11.6 Å². The first-order valence-electron chi connectivity index (χ1n) is 8.88. The fourth-order valence-corrected chi connectivity index (χ4v) is 3.35. The molecule has 0 amide bonds. The molecule has 2 aromatic heterocycles. The molecule has 7 heteroatoms. The van der Waals surface area contributed by atoms with Crippen molar-refractivity contribution in [2.75, 3.05) is 11.4 Å². The van der Waals surface area contributed by atoms with E-state index in [-0.39, 0.29) is 5.88 Å². The van der Waals surface area contributed by atoms with E-state index in [0.717, 1.165) is 48.1 Å². The minimum absolute atomic E-state index is 0.0782. The summed E-state index contributed by atoms with van der Waals surface area (Å²) in [7, 11) is 0. The van der Waals surface area contributed by atoms with E-state index in [0.29, 0.717) is 12.3 Å². The summed E-state index contributed by atoms with van der Waals surface area (Å²) >= 11 is 0. The Kier molecular flexibility index (Phi) is 4.66. The molecule has 1 aliphatic rings. The van der Waals surface area contributed by atoms with Gasteiger partial charge in [0.25, 0.3) is 0 Å². The first-order valence-corrected chi connectivity index (χ1v) is 8.88. The van der Waals surface area contributed by atoms with Crippen molar-refractivity contribution in [2.45, 2.75) is 26.1 Å². The Morgan fingerprint density at radius 3 is 2.68 bits per heavy atom. The van der Waals surface area contributed by atoms with Crippen LogP contribution in [0.5, 0.6) is 11.6 Å². The summed E-state index contributed by atoms with van der Waals surface area (Å²) in [6.45, 7) is 3.62. The highest BCUT2D eigenvalue weighted by atomic mass is 19.4. The molecule has 0 spiro atoms. The maximum atomic E-state index is 12.9. The molecule has 3 aromatic rings. The SMILES string of the molecule is Cc1ccncc1N1CCc2ccc(Oc3cc(C(F)(F)F)ccn3)cc2C1. The minimum atomic E-state index is -4.43. The molecule has 1 aliphatic heterocycles. The Labute approximate surface area is 160 Å². The lowest BCUT2D eigenvalue weighted by Gasteiger charge is -2.31. The van der Waals surface area contributed by atoms with Gasteiger partial charge < -0.3 is 9.64 Å². The van der Waals surface area contributed by atoms with Crippen LogP contribution in [0.2, 0.25) is 0 Å². The molecule has 0 bridgehead atoms. The molecule has 0 atom stereocenters. The number of aryl methyl sites for hydroxylation is 1. The van der Waals surface area contributed by atoms with Crippen molar-refractivity contribution in [3.05, 3.63) is 77.2 Å². The average molecular weight is 385 g/mol. The highest BCUT2D eigenvalue weighted by Gasteiger charge is 2.31. The van der Waals surface area contributed by atoms with Crippen molar-refractivity contribution in [1.82, 2.24) is 9.97 Å². The summed E-state index contributed by atoms with van der Waals surface area (Å²) in [6.07, 6.45) is 1.17. The number of aromatic nitrogens is 2. The molecule has 0 saturated heterocycles. The molecule has 144 valence electrons. The Morgan fingerprint density at radius 2 is 1.89 bits per heavy atom. The molecule has 0 aliphatic carbocycles. The van der Waals surface area contributed by atoms with Gasteiger partial charge in [0.15, 0.2) is 0 Å². The smallest absolute Gasteiger partial charge is 0.416 e. The summed E-state index contributed by atoms with van der Waals surface area (Å²) < 4.78 is 44.2. The minimum Gasteiger partial charge on any atom is -0.439 e. The number of hydrogen-bond donors (Lipinski definition) is 0. The lowest BCUT2D eigenvalue weighted by atomic mass is 9.98. The van der Waals surface area contributed by atoms with E-state index in [9.17, 15) is 13.2 Å². The fraction of sp³-hybridized carbons (Fsp3) is 0.238. The van der Waals surface area contributed by atoms with E-state index in [2.05, 4.69) is 14.9 Å². The van der Waals surface area contributed by atoms with E-state index in [4.69, 9.17) is 4.74 Å². The number of ether oxygens (including phenoxy) is 1. The van der Waals surface area contributed by atoms with Crippen LogP contribution in [0.4, 0.5) is 18.9 Å². The van der Waals surface area contributed by atoms with Gasteiger partial charge in [-0.25, -0.2) is 4.98 Å². The van der Waals surface area contributed by atoms with E-state index in [1.54, 1.807) is 12.3 Å². The monoisotopic (exact) mass is 385 g/mol. The molecular weight excluding hydrogens is 367 g/mol. The Balaban J connectivity index is 1.56. The van der Waals surface area contributed by atoms with Crippen molar-refractivity contribution >= 4 is 5.69 Å². The predicted octanol–water partition coefficient (Wildman–Crippen LogP) is 5.16. The summed E-state index contributed by atoms with van der Waals surface area (Å²) in [5.41, 5.74) is 3.74. The van der Waals surface area contributed by atoms with Gasteiger partial charge >= 0.3 is 6.18 Å². The third kappa shape index (κ3) is 3.78. The fourth-order valence-electron chi connectivity index (χ4n) is 3.35. The van der Waals surface area contributed by atoms with E-state index in [1.807, 2.05) is 31.3 Å². The van der Waals surface area contributed by atoms with Gasteiger partial charge in [0.1, 0.15) is 5.75 Å². The third-order valence-corrected chi connectivity index (χ3v) is 4.83. The summed E-state index contributed by atoms with van der Waals surface area (Å²) in [4.78, 5) is 10.4. The van der Waals surface area contributed by atoms with Crippen LogP contribution < -0.4 is 9.64 Å². The van der Waals surface area contributed by atoms with Crippen LogP contribution in [0.3, 0.4) is 0 Å². The number of pyridine rings is 2. The Hall–Kier alpha value is -3.09. The molecule has 1 aromatic carbocycles. The highest BCUT2D eigenvalue weighted by Crippen LogP contribution is 2.33. The molecule has 0 radical (unpaired) electrons. The molecule has 3 heterocycles. The van der Waals surface area contributed by atoms with Crippen molar-refractivity contribution < 1.29 is 17.9 Å². The summed E-state index contributed by atoms with van der Waals surface area (Å²) in [5.74, 6) is 0.390. The molecule has 0 fully saturated rings. The number of alkyl halides is 3. The lowest BCUT2D eigenvalue weighted by molar-refractivity contribution is -0.137. The van der Waals surface area contributed by atoms with Gasteiger partial charge in [-0.3, -0.25) is 4.98 Å². The second-order valence-corrected chi connectivity index (χ2v) is 6.75. The first-order chi connectivity index (χ1) is 13.4. The van der Waals surface area contributed by atoms with Gasteiger partial charge in [0, 0.05) is 31.5 Å². The number of benzene rings is 1. The number of halogens is 3. The third-order valence-electron chi connectivity index (χ3n) is 4.83. The maximum Gasteiger partial charge on any atom is 0.416 e. The number of nitrogens with zero attached hydrogens (tertiary/aromatic N) is 3. The van der Waals surface area contributed by atoms with Gasteiger partial charge in [-0.2, -0.15) is 13.2 Å². The van der Waals surface area contributed by atoms with Crippen molar-refractivity contribution in [2.24, 2.45) is 0 Å². The van der Waals surface area contributed by atoms with Crippen LogP contribution in [-0.4, -0.2) is 16.5 Å². The predicted molar refractivity (Wildman–Crippen MR) is 99.5 cm³/mol. The Morgan fingerprint density at radius 1 is 1.04 bits per heavy atom. The molecular formula is C21H18F3N3O. The Bertz CT molecular complexity index is 1000. The summed E-state index contributed by atoms with van der Waals surface area (Å²) in [5, 5.41) is 0. The van der Waals surface area contributed by atoms with Gasteiger partial charge in [-0.1, -0.05) is 6.07 Å². The van der Waals surface area contributed by atoms with Crippen LogP contribution in [-0.2, 0) is 19.1 Å². The molecule has 28 heavy (non-hydrogen) atoms. The largest absolute Gasteiger partial charge is 0.439 e. The number of fused-ring (bicyclic) bond motifs is 1. The van der Waals surface area contributed by atoms with E-state index < -0.39 is 11.7 Å². The van der Waals surface area contributed by atoms with E-state index >= 15 is 0 Å². The highest BCUT2D eigenvalue weighted by molar-refractivity contribution is 5.54. The zero-order chi connectivity index (χ0) is 19.7. The van der Waals surface area contributed by atoms with Crippen molar-refractivity contribution in [3.63, 3.8) is 0 Å². The second-order valence-electron chi connectivity index (χ2n) is 6.75. The second kappa shape index (κ2) is 7.14. The number of anilines is 1. The lowest BCUT2D eigenvalue weighted by Crippen LogP contribution is -2.30. The zero-order valence-electron chi connectivity index (χ0n) is 15.2. The van der Waals surface area contributed by atoms with Crippen LogP contribution in [0, 0.1) is 6.92 Å². The van der Waals surface area contributed by atoms with Gasteiger partial charge in [-0.05, 0) is 54.3 Å². The van der Waals surface area contributed by atoms with Gasteiger partial charge in [0.05, 0.1) is 17.4 Å². The molecule has 0 saturated carbocycles. The topological polar surface area (TPSA) is 38.2 Å². The number of rotatable bonds is 3.